The van der Waals surface area contributed by atoms with E-state index in [1.165, 1.54) is 23.1 Å². The molecule has 0 aliphatic carbocycles. The largest absolute Gasteiger partial charge is 0.480 e. The van der Waals surface area contributed by atoms with Crippen LogP contribution in [-0.2, 0) is 19.6 Å². The molecule has 0 radical (unpaired) electrons. The molecule has 0 aromatic rings. The highest BCUT2D eigenvalue weighted by atomic mass is 32.2. The molecule has 1 rings (SSSR count). The molecule has 1 fully saturated rings. The van der Waals surface area contributed by atoms with Crippen LogP contribution in [0.15, 0.2) is 0 Å². The molecule has 0 aromatic heterocycles. The minimum Gasteiger partial charge on any atom is -0.480 e. The van der Waals surface area contributed by atoms with Crippen molar-refractivity contribution in [2.75, 3.05) is 39.0 Å². The van der Waals surface area contributed by atoms with Gasteiger partial charge in [-0.1, -0.05) is 0 Å². The standard InChI is InChI=1S/C11H21N3O5S/c1-11(2,10(16)17)12-8-9(15)13-4-6-14(7-5-13)20(3,18)19/h12H,4-8H2,1-3H3,(H,16,17). The van der Waals surface area contributed by atoms with Gasteiger partial charge in [-0.05, 0) is 13.8 Å². The van der Waals surface area contributed by atoms with Crippen LogP contribution in [-0.4, -0.2) is 79.1 Å². The number of sulfonamides is 1. The van der Waals surface area contributed by atoms with E-state index in [-0.39, 0.29) is 25.5 Å². The van der Waals surface area contributed by atoms with Gasteiger partial charge in [-0.2, -0.15) is 4.31 Å². The first-order chi connectivity index (χ1) is 9.04. The van der Waals surface area contributed by atoms with E-state index in [9.17, 15) is 18.0 Å². The van der Waals surface area contributed by atoms with Crippen LogP contribution in [0, 0.1) is 0 Å². The number of nitrogens with zero attached hydrogens (tertiary/aromatic N) is 2. The number of rotatable bonds is 5. The fourth-order valence-electron chi connectivity index (χ4n) is 1.75. The SMILES string of the molecule is CC(C)(NCC(=O)N1CCN(S(C)(=O)=O)CC1)C(=O)O. The summed E-state index contributed by atoms with van der Waals surface area (Å²) >= 11 is 0. The highest BCUT2D eigenvalue weighted by molar-refractivity contribution is 7.88. The van der Waals surface area contributed by atoms with Crippen molar-refractivity contribution in [2.24, 2.45) is 0 Å². The van der Waals surface area contributed by atoms with Gasteiger partial charge < -0.3 is 10.0 Å². The Morgan fingerprint density at radius 1 is 1.20 bits per heavy atom. The number of hydrogen-bond acceptors (Lipinski definition) is 5. The Morgan fingerprint density at radius 2 is 1.70 bits per heavy atom. The Balaban J connectivity index is 2.46. The number of nitrogens with one attached hydrogen (secondary N) is 1. The Bertz CT molecular complexity index is 480. The first-order valence-corrected chi connectivity index (χ1v) is 8.10. The number of amides is 1. The molecule has 20 heavy (non-hydrogen) atoms. The molecule has 0 bridgehead atoms. The summed E-state index contributed by atoms with van der Waals surface area (Å²) in [5.41, 5.74) is -1.18. The van der Waals surface area contributed by atoms with E-state index in [4.69, 9.17) is 5.11 Å². The van der Waals surface area contributed by atoms with Crippen LogP contribution in [0.3, 0.4) is 0 Å². The number of piperazine rings is 1. The minimum atomic E-state index is -3.22. The third-order valence-corrected chi connectivity index (χ3v) is 4.58. The second-order valence-corrected chi connectivity index (χ2v) is 7.31. The zero-order chi connectivity index (χ0) is 15.6. The summed E-state index contributed by atoms with van der Waals surface area (Å²) in [7, 11) is -3.22. The van der Waals surface area contributed by atoms with Gasteiger partial charge in [0.2, 0.25) is 15.9 Å². The van der Waals surface area contributed by atoms with E-state index in [1.54, 1.807) is 0 Å². The molecule has 8 nitrogen and oxygen atoms in total. The topological polar surface area (TPSA) is 107 Å². The lowest BCUT2D eigenvalue weighted by molar-refractivity contribution is -0.143. The third-order valence-electron chi connectivity index (χ3n) is 3.28. The zero-order valence-corrected chi connectivity index (χ0v) is 12.7. The number of carbonyl (C=O) groups is 2. The van der Waals surface area contributed by atoms with Crippen molar-refractivity contribution in [1.29, 1.82) is 0 Å². The second kappa shape index (κ2) is 6.06. The van der Waals surface area contributed by atoms with Gasteiger partial charge in [0.15, 0.2) is 0 Å². The first kappa shape index (κ1) is 16.9. The molecule has 0 spiro atoms. The Hall–Kier alpha value is -1.19. The van der Waals surface area contributed by atoms with Crippen molar-refractivity contribution in [3.63, 3.8) is 0 Å². The molecule has 1 aliphatic rings. The highest BCUT2D eigenvalue weighted by Crippen LogP contribution is 2.07. The van der Waals surface area contributed by atoms with Gasteiger partial charge in [-0.15, -0.1) is 0 Å². The summed E-state index contributed by atoms with van der Waals surface area (Å²) in [6.07, 6.45) is 1.14. The Morgan fingerprint density at radius 3 is 2.10 bits per heavy atom. The Labute approximate surface area is 118 Å². The number of carbonyl (C=O) groups excluding carboxylic acids is 1. The van der Waals surface area contributed by atoms with Crippen LogP contribution in [0.2, 0.25) is 0 Å². The highest BCUT2D eigenvalue weighted by Gasteiger charge is 2.30. The average Bonchev–Trinajstić information content (AvgIpc) is 2.35. The van der Waals surface area contributed by atoms with Gasteiger partial charge in [0, 0.05) is 26.2 Å². The molecule has 0 atom stereocenters. The van der Waals surface area contributed by atoms with Crippen LogP contribution in [0.1, 0.15) is 13.8 Å². The summed E-state index contributed by atoms with van der Waals surface area (Å²) in [4.78, 5) is 24.4. The lowest BCUT2D eigenvalue weighted by atomic mass is 10.1. The maximum atomic E-state index is 11.9. The summed E-state index contributed by atoms with van der Waals surface area (Å²) in [5.74, 6) is -1.26. The van der Waals surface area contributed by atoms with Crippen molar-refractivity contribution >= 4 is 21.9 Å². The molecule has 1 saturated heterocycles. The van der Waals surface area contributed by atoms with Gasteiger partial charge in [0.25, 0.3) is 0 Å². The number of carboxylic acids is 1. The summed E-state index contributed by atoms with van der Waals surface area (Å²) in [6, 6.07) is 0. The second-order valence-electron chi connectivity index (χ2n) is 5.33. The predicted octanol–water partition coefficient (Wildman–Crippen LogP) is -1.46. The van der Waals surface area contributed by atoms with Gasteiger partial charge in [0.05, 0.1) is 12.8 Å². The third kappa shape index (κ3) is 4.43. The van der Waals surface area contributed by atoms with E-state index in [1.807, 2.05) is 0 Å². The van der Waals surface area contributed by atoms with Crippen molar-refractivity contribution in [3.05, 3.63) is 0 Å². The van der Waals surface area contributed by atoms with Crippen LogP contribution in [0.5, 0.6) is 0 Å². The van der Waals surface area contributed by atoms with E-state index < -0.39 is 21.5 Å². The normalized spacial score (nSPS) is 18.1. The molecule has 0 aromatic carbocycles. The zero-order valence-electron chi connectivity index (χ0n) is 11.9. The fraction of sp³-hybridized carbons (Fsp3) is 0.818. The van der Waals surface area contributed by atoms with E-state index >= 15 is 0 Å². The summed E-state index contributed by atoms with van der Waals surface area (Å²) in [5, 5.41) is 11.6. The number of aliphatic carboxylic acids is 1. The number of carboxylic acid groups (broad SMARTS) is 1. The maximum Gasteiger partial charge on any atom is 0.323 e. The molecule has 1 aliphatic heterocycles. The average molecular weight is 307 g/mol. The summed E-state index contributed by atoms with van der Waals surface area (Å²) in [6.45, 7) is 4.05. The van der Waals surface area contributed by atoms with E-state index in [0.717, 1.165) is 6.26 Å². The van der Waals surface area contributed by atoms with Gasteiger partial charge in [0.1, 0.15) is 5.54 Å². The van der Waals surface area contributed by atoms with Crippen LogP contribution in [0.25, 0.3) is 0 Å². The van der Waals surface area contributed by atoms with Crippen molar-refractivity contribution in [2.45, 2.75) is 19.4 Å². The lowest BCUT2D eigenvalue weighted by Crippen LogP contribution is -2.55. The van der Waals surface area contributed by atoms with Gasteiger partial charge >= 0.3 is 5.97 Å². The predicted molar refractivity (Wildman–Crippen MR) is 72.7 cm³/mol. The van der Waals surface area contributed by atoms with E-state index in [0.29, 0.717) is 13.1 Å². The molecule has 2 N–H and O–H groups in total. The Kier molecular flexibility index (Phi) is 5.11. The molecule has 0 unspecified atom stereocenters. The smallest absolute Gasteiger partial charge is 0.323 e. The van der Waals surface area contributed by atoms with Gasteiger partial charge in [-0.3, -0.25) is 14.9 Å². The van der Waals surface area contributed by atoms with Crippen molar-refractivity contribution in [3.8, 4) is 0 Å². The van der Waals surface area contributed by atoms with Crippen LogP contribution < -0.4 is 5.32 Å². The molecule has 0 saturated carbocycles. The van der Waals surface area contributed by atoms with Crippen molar-refractivity contribution < 1.29 is 23.1 Å². The van der Waals surface area contributed by atoms with Crippen LogP contribution >= 0.6 is 0 Å². The molecule has 1 heterocycles. The minimum absolute atomic E-state index is 0.0851. The molecular weight excluding hydrogens is 286 g/mol. The quantitative estimate of drug-likeness (QED) is 0.643. The van der Waals surface area contributed by atoms with Crippen LogP contribution in [0.4, 0.5) is 0 Å². The molecular formula is C11H21N3O5S. The molecule has 116 valence electrons. The van der Waals surface area contributed by atoms with E-state index in [2.05, 4.69) is 5.32 Å². The molecule has 9 heteroatoms. The maximum absolute atomic E-state index is 11.9. The first-order valence-electron chi connectivity index (χ1n) is 6.25. The van der Waals surface area contributed by atoms with Crippen molar-refractivity contribution in [1.82, 2.24) is 14.5 Å². The van der Waals surface area contributed by atoms with Gasteiger partial charge in [-0.25, -0.2) is 8.42 Å². The monoisotopic (exact) mass is 307 g/mol. The number of hydrogen-bond donors (Lipinski definition) is 2. The fourth-order valence-corrected chi connectivity index (χ4v) is 2.58. The summed E-state index contributed by atoms with van der Waals surface area (Å²) < 4.78 is 24.0. The lowest BCUT2D eigenvalue weighted by Gasteiger charge is -2.34. The molecule has 1 amide bonds.